The summed E-state index contributed by atoms with van der Waals surface area (Å²) in [5.74, 6) is 0.628. The number of rotatable bonds is 5. The first kappa shape index (κ1) is 18.1. The third kappa shape index (κ3) is 3.78. The van der Waals surface area contributed by atoms with Crippen LogP contribution in [0.15, 0.2) is 42.5 Å². The van der Waals surface area contributed by atoms with Gasteiger partial charge in [0.15, 0.2) is 0 Å². The Balaban J connectivity index is 1.84. The van der Waals surface area contributed by atoms with Crippen LogP contribution in [-0.4, -0.2) is 12.5 Å². The molecule has 0 atom stereocenters. The molecule has 1 aliphatic carbocycles. The molecule has 0 heterocycles. The van der Waals surface area contributed by atoms with Gasteiger partial charge in [0.1, 0.15) is 5.75 Å². The molecule has 1 N–H and O–H groups in total. The number of benzene rings is 2. The maximum absolute atomic E-state index is 13.1. The summed E-state index contributed by atoms with van der Waals surface area (Å²) in [7, 11) is 0. The van der Waals surface area contributed by atoms with Crippen LogP contribution in [0.3, 0.4) is 0 Å². The predicted octanol–water partition coefficient (Wildman–Crippen LogP) is 5.84. The summed E-state index contributed by atoms with van der Waals surface area (Å²) >= 11 is 12.2. The van der Waals surface area contributed by atoms with E-state index in [9.17, 15) is 4.79 Å². The summed E-state index contributed by atoms with van der Waals surface area (Å²) in [4.78, 5) is 13.1. The number of hydrogen-bond donors (Lipinski definition) is 1. The van der Waals surface area contributed by atoms with Gasteiger partial charge in [-0.1, -0.05) is 48.2 Å². The fourth-order valence-electron chi connectivity index (χ4n) is 3.50. The van der Waals surface area contributed by atoms with Crippen molar-refractivity contribution < 1.29 is 9.53 Å². The molecule has 1 amide bonds. The average molecular weight is 378 g/mol. The van der Waals surface area contributed by atoms with Gasteiger partial charge in [-0.25, -0.2) is 0 Å². The zero-order chi connectivity index (χ0) is 17.9. The van der Waals surface area contributed by atoms with Crippen molar-refractivity contribution >= 4 is 34.8 Å². The lowest BCUT2D eigenvalue weighted by molar-refractivity contribution is -0.121. The number of carbonyl (C=O) groups is 1. The Kier molecular flexibility index (Phi) is 5.55. The molecule has 1 saturated carbocycles. The molecule has 0 saturated heterocycles. The Bertz CT molecular complexity index is 753. The average Bonchev–Trinajstić information content (AvgIpc) is 3.09. The first-order chi connectivity index (χ1) is 12.0. The van der Waals surface area contributed by atoms with Gasteiger partial charge in [-0.2, -0.15) is 0 Å². The highest BCUT2D eigenvalue weighted by Gasteiger charge is 2.42. The highest BCUT2D eigenvalue weighted by atomic mass is 35.5. The van der Waals surface area contributed by atoms with Crippen LogP contribution >= 0.6 is 23.2 Å². The third-order valence-corrected chi connectivity index (χ3v) is 5.33. The van der Waals surface area contributed by atoms with Gasteiger partial charge in [0.05, 0.1) is 17.0 Å². The molecule has 2 aromatic carbocycles. The minimum Gasteiger partial charge on any atom is -0.492 e. The number of carbonyl (C=O) groups excluding carboxylic acids is 1. The second-order valence-electron chi connectivity index (χ2n) is 6.33. The van der Waals surface area contributed by atoms with Crippen LogP contribution in [0.25, 0.3) is 0 Å². The quantitative estimate of drug-likeness (QED) is 0.710. The highest BCUT2D eigenvalue weighted by Crippen LogP contribution is 2.42. The third-order valence-electron chi connectivity index (χ3n) is 4.78. The van der Waals surface area contributed by atoms with Gasteiger partial charge in [0.2, 0.25) is 5.91 Å². The molecule has 3 nitrogen and oxygen atoms in total. The summed E-state index contributed by atoms with van der Waals surface area (Å²) in [5, 5.41) is 4.20. The van der Waals surface area contributed by atoms with Crippen molar-refractivity contribution in [3.05, 3.63) is 58.1 Å². The van der Waals surface area contributed by atoms with Crippen LogP contribution < -0.4 is 10.1 Å². The topological polar surface area (TPSA) is 38.3 Å². The minimum atomic E-state index is -0.504. The molecule has 0 aliphatic heterocycles. The predicted molar refractivity (Wildman–Crippen MR) is 103 cm³/mol. The molecule has 0 aromatic heterocycles. The maximum Gasteiger partial charge on any atom is 0.235 e. The fourth-order valence-corrected chi connectivity index (χ4v) is 3.86. The van der Waals surface area contributed by atoms with E-state index in [0.717, 1.165) is 31.2 Å². The van der Waals surface area contributed by atoms with E-state index in [1.165, 1.54) is 0 Å². The van der Waals surface area contributed by atoms with Crippen molar-refractivity contribution in [1.29, 1.82) is 0 Å². The minimum absolute atomic E-state index is 0.00699. The van der Waals surface area contributed by atoms with Crippen LogP contribution in [0.1, 0.15) is 38.2 Å². The van der Waals surface area contributed by atoms with Crippen LogP contribution in [0.4, 0.5) is 5.69 Å². The Morgan fingerprint density at radius 1 is 1.12 bits per heavy atom. The smallest absolute Gasteiger partial charge is 0.235 e. The van der Waals surface area contributed by atoms with Gasteiger partial charge in [-0.05, 0) is 55.7 Å². The summed E-state index contributed by atoms with van der Waals surface area (Å²) in [6, 6.07) is 12.9. The fraction of sp³-hybridized carbons (Fsp3) is 0.350. The lowest BCUT2D eigenvalue weighted by atomic mass is 9.78. The normalized spacial score (nSPS) is 15.8. The first-order valence-corrected chi connectivity index (χ1v) is 9.30. The Morgan fingerprint density at radius 2 is 1.80 bits per heavy atom. The molecule has 1 aliphatic rings. The number of nitrogens with one attached hydrogen (secondary N) is 1. The van der Waals surface area contributed by atoms with Crippen molar-refractivity contribution in [2.75, 3.05) is 11.9 Å². The standard InChI is InChI=1S/C20H21Cl2NO2/c1-2-25-18-10-9-16(13-17(18)22)23-19(24)20(11-3-4-12-20)14-5-7-15(21)8-6-14/h5-10,13H,2-4,11-12H2,1H3,(H,23,24). The zero-order valence-corrected chi connectivity index (χ0v) is 15.7. The molecular weight excluding hydrogens is 357 g/mol. The molecule has 132 valence electrons. The van der Waals surface area contributed by atoms with E-state index in [1.54, 1.807) is 12.1 Å². The van der Waals surface area contributed by atoms with E-state index in [2.05, 4.69) is 5.32 Å². The van der Waals surface area contributed by atoms with Gasteiger partial charge in [-0.15, -0.1) is 0 Å². The summed E-state index contributed by atoms with van der Waals surface area (Å²) in [6.07, 6.45) is 3.76. The van der Waals surface area contributed by atoms with E-state index in [4.69, 9.17) is 27.9 Å². The van der Waals surface area contributed by atoms with Gasteiger partial charge in [0, 0.05) is 10.7 Å². The second-order valence-corrected chi connectivity index (χ2v) is 7.17. The van der Waals surface area contributed by atoms with Crippen molar-refractivity contribution in [3.63, 3.8) is 0 Å². The lowest BCUT2D eigenvalue weighted by Crippen LogP contribution is -2.37. The molecular formula is C20H21Cl2NO2. The van der Waals surface area contributed by atoms with E-state index in [0.29, 0.717) is 28.1 Å². The zero-order valence-electron chi connectivity index (χ0n) is 14.1. The number of hydrogen-bond acceptors (Lipinski definition) is 2. The summed E-state index contributed by atoms with van der Waals surface area (Å²) in [6.45, 7) is 2.45. The second kappa shape index (κ2) is 7.67. The van der Waals surface area contributed by atoms with E-state index in [-0.39, 0.29) is 5.91 Å². The molecule has 0 spiro atoms. The van der Waals surface area contributed by atoms with Crippen LogP contribution in [0.5, 0.6) is 5.75 Å². The summed E-state index contributed by atoms with van der Waals surface area (Å²) in [5.41, 5.74) is 1.19. The SMILES string of the molecule is CCOc1ccc(NC(=O)C2(c3ccc(Cl)cc3)CCCC2)cc1Cl. The van der Waals surface area contributed by atoms with E-state index < -0.39 is 5.41 Å². The molecule has 0 unspecified atom stereocenters. The van der Waals surface area contributed by atoms with Crippen LogP contribution in [0, 0.1) is 0 Å². The Morgan fingerprint density at radius 3 is 2.40 bits per heavy atom. The van der Waals surface area contributed by atoms with Gasteiger partial charge >= 0.3 is 0 Å². The maximum atomic E-state index is 13.1. The number of ether oxygens (including phenoxy) is 1. The molecule has 0 radical (unpaired) electrons. The number of amides is 1. The summed E-state index contributed by atoms with van der Waals surface area (Å²) < 4.78 is 5.44. The lowest BCUT2D eigenvalue weighted by Gasteiger charge is -2.28. The number of halogens is 2. The van der Waals surface area contributed by atoms with Crippen molar-refractivity contribution in [1.82, 2.24) is 0 Å². The van der Waals surface area contributed by atoms with Crippen molar-refractivity contribution in [2.45, 2.75) is 38.0 Å². The monoisotopic (exact) mass is 377 g/mol. The van der Waals surface area contributed by atoms with Crippen molar-refractivity contribution in [3.8, 4) is 5.75 Å². The first-order valence-electron chi connectivity index (χ1n) is 8.55. The number of anilines is 1. The molecule has 3 rings (SSSR count). The van der Waals surface area contributed by atoms with Gasteiger partial charge in [0.25, 0.3) is 0 Å². The van der Waals surface area contributed by atoms with Crippen LogP contribution in [0.2, 0.25) is 10.0 Å². The largest absolute Gasteiger partial charge is 0.492 e. The molecule has 5 heteroatoms. The molecule has 0 bridgehead atoms. The highest BCUT2D eigenvalue weighted by molar-refractivity contribution is 6.32. The Hall–Kier alpha value is -1.71. The molecule has 1 fully saturated rings. The molecule has 2 aromatic rings. The van der Waals surface area contributed by atoms with E-state index >= 15 is 0 Å². The molecule has 25 heavy (non-hydrogen) atoms. The van der Waals surface area contributed by atoms with Gasteiger partial charge < -0.3 is 10.1 Å². The Labute approximate surface area is 158 Å². The van der Waals surface area contributed by atoms with Crippen LogP contribution in [-0.2, 0) is 10.2 Å². The van der Waals surface area contributed by atoms with E-state index in [1.807, 2.05) is 37.3 Å². The van der Waals surface area contributed by atoms with Gasteiger partial charge in [-0.3, -0.25) is 4.79 Å². The van der Waals surface area contributed by atoms with Crippen molar-refractivity contribution in [2.24, 2.45) is 0 Å².